The van der Waals surface area contributed by atoms with Crippen LogP contribution in [0.25, 0.3) is 11.1 Å². The second-order valence-electron chi connectivity index (χ2n) is 3.49. The fourth-order valence-corrected chi connectivity index (χ4v) is 3.63. The van der Waals surface area contributed by atoms with E-state index in [-0.39, 0.29) is 10.8 Å². The summed E-state index contributed by atoms with van der Waals surface area (Å²) in [5.41, 5.74) is 1.81. The molecule has 0 aliphatic carbocycles. The van der Waals surface area contributed by atoms with Gasteiger partial charge in [0.2, 0.25) is 10.0 Å². The van der Waals surface area contributed by atoms with Crippen molar-refractivity contribution < 1.29 is 13.5 Å². The SMILES string of the molecule is NS(=O)(=O)c1scc(CO)c1-c1ccccc1. The molecule has 0 amide bonds. The summed E-state index contributed by atoms with van der Waals surface area (Å²) < 4.78 is 23.0. The summed E-state index contributed by atoms with van der Waals surface area (Å²) in [5.74, 6) is 0. The molecule has 1 aromatic carbocycles. The number of thiophene rings is 1. The van der Waals surface area contributed by atoms with E-state index >= 15 is 0 Å². The van der Waals surface area contributed by atoms with Crippen molar-refractivity contribution in [3.8, 4) is 11.1 Å². The smallest absolute Gasteiger partial charge is 0.248 e. The van der Waals surface area contributed by atoms with Crippen LogP contribution in [0.2, 0.25) is 0 Å². The summed E-state index contributed by atoms with van der Waals surface area (Å²) in [6.07, 6.45) is 0. The molecular weight excluding hydrogens is 258 g/mol. The van der Waals surface area contributed by atoms with Gasteiger partial charge in [-0.25, -0.2) is 13.6 Å². The second kappa shape index (κ2) is 4.58. The molecule has 2 rings (SSSR count). The molecule has 0 aliphatic heterocycles. The van der Waals surface area contributed by atoms with Gasteiger partial charge in [0, 0.05) is 5.56 Å². The molecule has 90 valence electrons. The van der Waals surface area contributed by atoms with E-state index in [0.29, 0.717) is 11.1 Å². The number of primary sulfonamides is 1. The van der Waals surface area contributed by atoms with Gasteiger partial charge >= 0.3 is 0 Å². The molecule has 6 heteroatoms. The van der Waals surface area contributed by atoms with E-state index in [1.807, 2.05) is 6.07 Å². The molecule has 0 saturated heterocycles. The molecule has 0 bridgehead atoms. The van der Waals surface area contributed by atoms with Crippen LogP contribution in [0.4, 0.5) is 0 Å². The zero-order valence-corrected chi connectivity index (χ0v) is 10.5. The third-order valence-electron chi connectivity index (χ3n) is 2.32. The van der Waals surface area contributed by atoms with Crippen LogP contribution in [-0.2, 0) is 16.6 Å². The lowest BCUT2D eigenvalue weighted by Gasteiger charge is -2.04. The van der Waals surface area contributed by atoms with Crippen molar-refractivity contribution in [2.24, 2.45) is 5.14 Å². The van der Waals surface area contributed by atoms with Gasteiger partial charge < -0.3 is 5.11 Å². The molecule has 1 aromatic heterocycles. The maximum atomic E-state index is 11.5. The number of hydrogen-bond acceptors (Lipinski definition) is 4. The van der Waals surface area contributed by atoms with Crippen LogP contribution >= 0.6 is 11.3 Å². The minimum Gasteiger partial charge on any atom is -0.392 e. The van der Waals surface area contributed by atoms with Crippen molar-refractivity contribution in [1.29, 1.82) is 0 Å². The number of aliphatic hydroxyl groups excluding tert-OH is 1. The van der Waals surface area contributed by atoms with Gasteiger partial charge in [-0.3, -0.25) is 0 Å². The van der Waals surface area contributed by atoms with Gasteiger partial charge in [0.1, 0.15) is 4.21 Å². The van der Waals surface area contributed by atoms with Crippen LogP contribution in [0.15, 0.2) is 39.9 Å². The van der Waals surface area contributed by atoms with E-state index in [1.54, 1.807) is 29.6 Å². The molecule has 0 spiro atoms. The molecule has 0 unspecified atom stereocenters. The Morgan fingerprint density at radius 2 is 1.88 bits per heavy atom. The van der Waals surface area contributed by atoms with Gasteiger partial charge in [-0.15, -0.1) is 11.3 Å². The number of rotatable bonds is 3. The quantitative estimate of drug-likeness (QED) is 0.887. The molecule has 2 aromatic rings. The standard InChI is InChI=1S/C11H11NO3S2/c12-17(14,15)11-10(9(6-13)7-16-11)8-4-2-1-3-5-8/h1-5,7,13H,6H2,(H2,12,14,15). The van der Waals surface area contributed by atoms with Crippen molar-refractivity contribution in [3.63, 3.8) is 0 Å². The Hall–Kier alpha value is -1.21. The summed E-state index contributed by atoms with van der Waals surface area (Å²) in [4.78, 5) is 0. The topological polar surface area (TPSA) is 80.4 Å². The Kier molecular flexibility index (Phi) is 3.30. The van der Waals surface area contributed by atoms with Crippen LogP contribution < -0.4 is 5.14 Å². The highest BCUT2D eigenvalue weighted by atomic mass is 32.2. The van der Waals surface area contributed by atoms with Gasteiger partial charge in [0.25, 0.3) is 0 Å². The van der Waals surface area contributed by atoms with Gasteiger partial charge in [-0.05, 0) is 16.5 Å². The molecule has 4 nitrogen and oxygen atoms in total. The summed E-state index contributed by atoms with van der Waals surface area (Å²) in [7, 11) is -3.76. The predicted octanol–water partition coefficient (Wildman–Crippen LogP) is 1.55. The normalized spacial score (nSPS) is 11.6. The third kappa shape index (κ3) is 2.39. The van der Waals surface area contributed by atoms with E-state index in [2.05, 4.69) is 0 Å². The Morgan fingerprint density at radius 3 is 2.41 bits per heavy atom. The van der Waals surface area contributed by atoms with Crippen molar-refractivity contribution in [2.75, 3.05) is 0 Å². The minimum atomic E-state index is -3.76. The van der Waals surface area contributed by atoms with Crippen molar-refractivity contribution in [1.82, 2.24) is 0 Å². The maximum absolute atomic E-state index is 11.5. The van der Waals surface area contributed by atoms with Gasteiger partial charge in [0.05, 0.1) is 6.61 Å². The Morgan fingerprint density at radius 1 is 1.24 bits per heavy atom. The third-order valence-corrected chi connectivity index (χ3v) is 4.85. The molecule has 0 aliphatic rings. The molecule has 0 radical (unpaired) electrons. The van der Waals surface area contributed by atoms with E-state index in [9.17, 15) is 13.5 Å². The van der Waals surface area contributed by atoms with Crippen LogP contribution in [-0.4, -0.2) is 13.5 Å². The highest BCUT2D eigenvalue weighted by Crippen LogP contribution is 2.35. The molecular formula is C11H11NO3S2. The van der Waals surface area contributed by atoms with Crippen LogP contribution in [0.3, 0.4) is 0 Å². The lowest BCUT2D eigenvalue weighted by Crippen LogP contribution is -2.11. The highest BCUT2D eigenvalue weighted by Gasteiger charge is 2.20. The number of sulfonamides is 1. The van der Waals surface area contributed by atoms with Gasteiger partial charge in [-0.1, -0.05) is 30.3 Å². The highest BCUT2D eigenvalue weighted by molar-refractivity contribution is 7.91. The molecule has 0 saturated carbocycles. The number of nitrogens with two attached hydrogens (primary N) is 1. The predicted molar refractivity (Wildman–Crippen MR) is 67.1 cm³/mol. The van der Waals surface area contributed by atoms with Gasteiger partial charge in [0.15, 0.2) is 0 Å². The van der Waals surface area contributed by atoms with Gasteiger partial charge in [-0.2, -0.15) is 0 Å². The average Bonchev–Trinajstić information content (AvgIpc) is 2.73. The first kappa shape index (κ1) is 12.3. The first-order valence-electron chi connectivity index (χ1n) is 4.83. The Bertz CT molecular complexity index is 617. The summed E-state index contributed by atoms with van der Waals surface area (Å²) in [5, 5.41) is 16.0. The second-order valence-corrected chi connectivity index (χ2v) is 6.13. The lowest BCUT2D eigenvalue weighted by atomic mass is 10.1. The average molecular weight is 269 g/mol. The van der Waals surface area contributed by atoms with E-state index in [1.165, 1.54) is 0 Å². The zero-order valence-electron chi connectivity index (χ0n) is 8.83. The first-order valence-corrected chi connectivity index (χ1v) is 7.26. The number of hydrogen-bond donors (Lipinski definition) is 2. The molecule has 17 heavy (non-hydrogen) atoms. The number of aliphatic hydroxyl groups is 1. The number of benzene rings is 1. The first-order chi connectivity index (χ1) is 8.04. The molecule has 1 heterocycles. The van der Waals surface area contributed by atoms with Crippen LogP contribution in [0.1, 0.15) is 5.56 Å². The van der Waals surface area contributed by atoms with Crippen LogP contribution in [0, 0.1) is 0 Å². The largest absolute Gasteiger partial charge is 0.392 e. The molecule has 0 fully saturated rings. The zero-order chi connectivity index (χ0) is 12.5. The molecule has 3 N–H and O–H groups in total. The van der Waals surface area contributed by atoms with E-state index in [4.69, 9.17) is 5.14 Å². The summed E-state index contributed by atoms with van der Waals surface area (Å²) >= 11 is 1.03. The Labute approximate surface area is 103 Å². The maximum Gasteiger partial charge on any atom is 0.248 e. The summed E-state index contributed by atoms with van der Waals surface area (Å²) in [6.45, 7) is -0.212. The van der Waals surface area contributed by atoms with Crippen LogP contribution in [0.5, 0.6) is 0 Å². The van der Waals surface area contributed by atoms with E-state index < -0.39 is 10.0 Å². The monoisotopic (exact) mass is 269 g/mol. The fourth-order valence-electron chi connectivity index (χ4n) is 1.61. The lowest BCUT2D eigenvalue weighted by molar-refractivity contribution is 0.283. The fraction of sp³-hybridized carbons (Fsp3) is 0.0909. The van der Waals surface area contributed by atoms with Crippen molar-refractivity contribution >= 4 is 21.4 Å². The van der Waals surface area contributed by atoms with Crippen molar-refractivity contribution in [3.05, 3.63) is 41.3 Å². The summed E-state index contributed by atoms with van der Waals surface area (Å²) in [6, 6.07) is 9.03. The van der Waals surface area contributed by atoms with Crippen molar-refractivity contribution in [2.45, 2.75) is 10.8 Å². The Balaban J connectivity index is 2.71. The van der Waals surface area contributed by atoms with E-state index in [0.717, 1.165) is 16.9 Å². The minimum absolute atomic E-state index is 0.0905. The molecule has 0 atom stereocenters.